The molecule has 0 saturated heterocycles. The summed E-state index contributed by atoms with van der Waals surface area (Å²) in [5.74, 6) is 0.0488. The molecular formula is C25H21BrFN3O2. The number of esters is 1. The highest BCUT2D eigenvalue weighted by Crippen LogP contribution is 2.33. The number of rotatable bonds is 2. The predicted octanol–water partition coefficient (Wildman–Crippen LogP) is 4.65. The predicted molar refractivity (Wildman–Crippen MR) is 127 cm³/mol. The summed E-state index contributed by atoms with van der Waals surface area (Å²) in [6.07, 6.45) is 7.39. The average Bonchev–Trinajstić information content (AvgIpc) is 2.82. The van der Waals surface area contributed by atoms with Crippen LogP contribution in [-0.4, -0.2) is 43.3 Å². The summed E-state index contributed by atoms with van der Waals surface area (Å²) >= 11 is 3.57. The minimum Gasteiger partial charge on any atom is -0.465 e. The third-order valence-corrected chi connectivity index (χ3v) is 6.38. The lowest BCUT2D eigenvalue weighted by Crippen LogP contribution is -2.45. The first kappa shape index (κ1) is 20.8. The number of fused-ring (bicyclic) bond motifs is 2. The van der Waals surface area contributed by atoms with Gasteiger partial charge >= 0.3 is 5.97 Å². The minimum atomic E-state index is -0.391. The lowest BCUT2D eigenvalue weighted by molar-refractivity contribution is -0.135. The van der Waals surface area contributed by atoms with Crippen LogP contribution in [0.5, 0.6) is 0 Å². The summed E-state index contributed by atoms with van der Waals surface area (Å²) in [6.45, 7) is 0.800. The standard InChI is InChI=1S/C25H21BrFN3O2/c1-32-25(31)17-6-10-20-21(14-17)29-24(23(28-20)15-4-8-19(27)9-5-15)30-12-2-3-16-13-18(26)7-11-22(16)30/h4-11,13-14,20-21H,2-3,12H2,1H3. The normalized spacial score (nSPS) is 21.7. The molecule has 0 saturated carbocycles. The summed E-state index contributed by atoms with van der Waals surface area (Å²) in [7, 11) is 1.37. The van der Waals surface area contributed by atoms with E-state index in [1.165, 1.54) is 24.8 Å². The van der Waals surface area contributed by atoms with Crippen molar-refractivity contribution in [2.75, 3.05) is 18.6 Å². The highest BCUT2D eigenvalue weighted by molar-refractivity contribution is 9.10. The smallest absolute Gasteiger partial charge is 0.337 e. The molecule has 0 radical (unpaired) electrons. The van der Waals surface area contributed by atoms with Crippen LogP contribution in [0.15, 0.2) is 80.7 Å². The number of carbonyl (C=O) groups is 1. The maximum absolute atomic E-state index is 13.6. The van der Waals surface area contributed by atoms with Gasteiger partial charge in [-0.2, -0.15) is 0 Å². The van der Waals surface area contributed by atoms with Crippen molar-refractivity contribution in [3.05, 3.63) is 87.7 Å². The van der Waals surface area contributed by atoms with Crippen molar-refractivity contribution in [1.82, 2.24) is 0 Å². The summed E-state index contributed by atoms with van der Waals surface area (Å²) in [6, 6.07) is 12.1. The summed E-state index contributed by atoms with van der Waals surface area (Å²) in [5.41, 5.74) is 4.34. The Hall–Kier alpha value is -3.06. The van der Waals surface area contributed by atoms with Crippen molar-refractivity contribution in [2.24, 2.45) is 9.98 Å². The van der Waals surface area contributed by atoms with Crippen LogP contribution in [0.2, 0.25) is 0 Å². The number of anilines is 1. The highest BCUT2D eigenvalue weighted by Gasteiger charge is 2.33. The van der Waals surface area contributed by atoms with Gasteiger partial charge in [0.1, 0.15) is 11.5 Å². The van der Waals surface area contributed by atoms with E-state index in [9.17, 15) is 9.18 Å². The van der Waals surface area contributed by atoms with Gasteiger partial charge in [0.2, 0.25) is 0 Å². The fourth-order valence-electron chi connectivity index (χ4n) is 4.34. The lowest BCUT2D eigenvalue weighted by atomic mass is 9.94. The Morgan fingerprint density at radius 2 is 1.97 bits per heavy atom. The van der Waals surface area contributed by atoms with Crippen LogP contribution in [0, 0.1) is 5.82 Å². The second-order valence-electron chi connectivity index (χ2n) is 7.92. The molecule has 0 amide bonds. The molecule has 2 unspecified atom stereocenters. The minimum absolute atomic E-state index is 0.235. The fraction of sp³-hybridized carbons (Fsp3) is 0.240. The van der Waals surface area contributed by atoms with Gasteiger partial charge < -0.3 is 9.64 Å². The van der Waals surface area contributed by atoms with E-state index in [1.807, 2.05) is 18.2 Å². The van der Waals surface area contributed by atoms with E-state index in [-0.39, 0.29) is 17.9 Å². The van der Waals surface area contributed by atoms with Crippen molar-refractivity contribution in [1.29, 1.82) is 0 Å². The third kappa shape index (κ3) is 3.81. The van der Waals surface area contributed by atoms with E-state index in [4.69, 9.17) is 14.7 Å². The van der Waals surface area contributed by atoms with Crippen molar-refractivity contribution in [3.63, 3.8) is 0 Å². The third-order valence-electron chi connectivity index (χ3n) is 5.89. The zero-order chi connectivity index (χ0) is 22.2. The Kier molecular flexibility index (Phi) is 5.51. The SMILES string of the molecule is COC(=O)C1=CC2N=C(N3CCCc4cc(Br)ccc43)C(c3ccc(F)cc3)=NC2C=C1. The van der Waals surface area contributed by atoms with Crippen LogP contribution in [-0.2, 0) is 16.0 Å². The number of hydrogen-bond acceptors (Lipinski definition) is 5. The van der Waals surface area contributed by atoms with Crippen LogP contribution >= 0.6 is 15.9 Å². The largest absolute Gasteiger partial charge is 0.465 e. The number of aryl methyl sites for hydroxylation is 1. The Morgan fingerprint density at radius 3 is 2.75 bits per heavy atom. The van der Waals surface area contributed by atoms with Gasteiger partial charge in [-0.05, 0) is 73.0 Å². The first-order valence-electron chi connectivity index (χ1n) is 10.5. The van der Waals surface area contributed by atoms with Gasteiger partial charge in [-0.1, -0.05) is 22.0 Å². The number of nitrogens with zero attached hydrogens (tertiary/aromatic N) is 3. The van der Waals surface area contributed by atoms with Gasteiger partial charge in [0.15, 0.2) is 5.84 Å². The second-order valence-corrected chi connectivity index (χ2v) is 8.84. The maximum Gasteiger partial charge on any atom is 0.337 e. The zero-order valence-corrected chi connectivity index (χ0v) is 19.0. The number of aliphatic imine (C=N–C) groups is 2. The van der Waals surface area contributed by atoms with Crippen LogP contribution < -0.4 is 4.90 Å². The molecule has 0 spiro atoms. The van der Waals surface area contributed by atoms with E-state index >= 15 is 0 Å². The van der Waals surface area contributed by atoms with Crippen molar-refractivity contribution in [3.8, 4) is 0 Å². The summed E-state index contributed by atoms with van der Waals surface area (Å²) < 4.78 is 19.5. The molecule has 1 aliphatic carbocycles. The number of carbonyl (C=O) groups excluding carboxylic acids is 1. The Balaban J connectivity index is 1.62. The van der Waals surface area contributed by atoms with Gasteiger partial charge in [-0.25, -0.2) is 9.18 Å². The second kappa shape index (κ2) is 8.47. The molecule has 32 heavy (non-hydrogen) atoms. The van der Waals surface area contributed by atoms with Crippen molar-refractivity contribution < 1.29 is 13.9 Å². The highest BCUT2D eigenvalue weighted by atomic mass is 79.9. The van der Waals surface area contributed by atoms with Crippen LogP contribution in [0.4, 0.5) is 10.1 Å². The molecule has 3 aliphatic rings. The van der Waals surface area contributed by atoms with Gasteiger partial charge in [0.05, 0.1) is 24.8 Å². The summed E-state index contributed by atoms with van der Waals surface area (Å²) in [5, 5.41) is 0. The van der Waals surface area contributed by atoms with Gasteiger partial charge in [0.25, 0.3) is 0 Å². The molecule has 2 atom stereocenters. The Morgan fingerprint density at radius 1 is 1.16 bits per heavy atom. The average molecular weight is 494 g/mol. The molecule has 2 aliphatic heterocycles. The molecule has 162 valence electrons. The fourth-order valence-corrected chi connectivity index (χ4v) is 4.75. The van der Waals surface area contributed by atoms with Crippen LogP contribution in [0.1, 0.15) is 17.5 Å². The van der Waals surface area contributed by atoms with Crippen molar-refractivity contribution in [2.45, 2.75) is 24.9 Å². The number of amidine groups is 1. The molecule has 2 aromatic carbocycles. The summed E-state index contributed by atoms with van der Waals surface area (Å²) in [4.78, 5) is 24.3. The first-order valence-corrected chi connectivity index (χ1v) is 11.3. The van der Waals surface area contributed by atoms with Crippen LogP contribution in [0.25, 0.3) is 0 Å². The molecular weight excluding hydrogens is 473 g/mol. The van der Waals surface area contributed by atoms with Crippen molar-refractivity contribution >= 4 is 39.1 Å². The van der Waals surface area contributed by atoms with E-state index < -0.39 is 5.97 Å². The number of halogens is 2. The van der Waals surface area contributed by atoms with Crippen LogP contribution in [0.3, 0.4) is 0 Å². The molecule has 2 heterocycles. The number of methoxy groups -OCH3 is 1. The molecule has 5 nitrogen and oxygen atoms in total. The quantitative estimate of drug-likeness (QED) is 0.572. The zero-order valence-electron chi connectivity index (χ0n) is 17.5. The lowest BCUT2D eigenvalue weighted by Gasteiger charge is -2.36. The molecule has 7 heteroatoms. The Labute approximate surface area is 194 Å². The molecule has 0 N–H and O–H groups in total. The van der Waals surface area contributed by atoms with E-state index in [0.717, 1.165) is 46.7 Å². The Bertz CT molecular complexity index is 1200. The molecule has 2 aromatic rings. The van der Waals surface area contributed by atoms with E-state index in [0.29, 0.717) is 5.57 Å². The van der Waals surface area contributed by atoms with E-state index in [2.05, 4.69) is 33.0 Å². The number of ether oxygens (including phenoxy) is 1. The van der Waals surface area contributed by atoms with Gasteiger partial charge in [-0.15, -0.1) is 0 Å². The van der Waals surface area contributed by atoms with Gasteiger partial charge in [0, 0.05) is 22.3 Å². The van der Waals surface area contributed by atoms with E-state index in [1.54, 1.807) is 18.2 Å². The molecule has 5 rings (SSSR count). The molecule has 0 fully saturated rings. The monoisotopic (exact) mass is 493 g/mol. The topological polar surface area (TPSA) is 54.3 Å². The first-order chi connectivity index (χ1) is 15.5. The number of hydrogen-bond donors (Lipinski definition) is 0. The molecule has 0 aromatic heterocycles. The maximum atomic E-state index is 13.6. The molecule has 0 bridgehead atoms. The van der Waals surface area contributed by atoms with Gasteiger partial charge in [-0.3, -0.25) is 9.98 Å². The number of benzene rings is 2.